The molecule has 1 saturated heterocycles. The smallest absolute Gasteiger partial charge is 0.309 e. The Kier molecular flexibility index (Phi) is 11.8. The van der Waals surface area contributed by atoms with Crippen molar-refractivity contribution in [2.75, 3.05) is 39.9 Å². The standard InChI is InChI=1S/C21H33N3O4.HI/c1-5-22-21(24-12-10-17(11-13-24)20(25)27-6-2)23-15-16(3)28-19-9-7-8-18(14-19)26-4;/h7-9,14,16-17H,5-6,10-13,15H2,1-4H3,(H,22,23);1H. The molecular weight excluding hydrogens is 485 g/mol. The number of methoxy groups -OCH3 is 1. The molecule has 1 fully saturated rings. The molecule has 0 saturated carbocycles. The zero-order valence-electron chi connectivity index (χ0n) is 17.8. The Morgan fingerprint density at radius 3 is 2.59 bits per heavy atom. The first-order valence-corrected chi connectivity index (χ1v) is 10.1. The van der Waals surface area contributed by atoms with Gasteiger partial charge in [-0.2, -0.15) is 0 Å². The monoisotopic (exact) mass is 519 g/mol. The van der Waals surface area contributed by atoms with Crippen LogP contribution in [0.1, 0.15) is 33.6 Å². The Balaban J connectivity index is 0.00000420. The molecule has 8 heteroatoms. The van der Waals surface area contributed by atoms with Crippen molar-refractivity contribution >= 4 is 35.9 Å². The van der Waals surface area contributed by atoms with Gasteiger partial charge in [0.1, 0.15) is 17.6 Å². The van der Waals surface area contributed by atoms with Crippen molar-refractivity contribution in [2.24, 2.45) is 10.9 Å². The normalized spacial score (nSPS) is 15.9. The predicted octanol–water partition coefficient (Wildman–Crippen LogP) is 3.32. The molecule has 1 aromatic carbocycles. The fourth-order valence-electron chi connectivity index (χ4n) is 3.17. The molecular formula is C21H34IN3O4. The highest BCUT2D eigenvalue weighted by atomic mass is 127. The third-order valence-electron chi connectivity index (χ3n) is 4.63. The van der Waals surface area contributed by atoms with Crippen molar-refractivity contribution in [2.45, 2.75) is 39.7 Å². The summed E-state index contributed by atoms with van der Waals surface area (Å²) in [5.74, 6) is 2.32. The molecule has 1 unspecified atom stereocenters. The first kappa shape index (κ1) is 25.3. The third kappa shape index (κ3) is 8.28. The van der Waals surface area contributed by atoms with E-state index in [1.54, 1.807) is 7.11 Å². The number of esters is 1. The maximum atomic E-state index is 11.9. The summed E-state index contributed by atoms with van der Waals surface area (Å²) in [6, 6.07) is 7.57. The third-order valence-corrected chi connectivity index (χ3v) is 4.63. The van der Waals surface area contributed by atoms with E-state index in [4.69, 9.17) is 19.2 Å². The van der Waals surface area contributed by atoms with Crippen molar-refractivity contribution in [1.29, 1.82) is 0 Å². The number of guanidine groups is 1. The number of aliphatic imine (C=N–C) groups is 1. The van der Waals surface area contributed by atoms with Gasteiger partial charge < -0.3 is 24.4 Å². The molecule has 0 spiro atoms. The van der Waals surface area contributed by atoms with Crippen molar-refractivity contribution in [1.82, 2.24) is 10.2 Å². The van der Waals surface area contributed by atoms with Crippen LogP contribution in [0.4, 0.5) is 0 Å². The lowest BCUT2D eigenvalue weighted by atomic mass is 9.97. The first-order chi connectivity index (χ1) is 13.6. The molecule has 1 aliphatic heterocycles. The first-order valence-electron chi connectivity index (χ1n) is 10.1. The second-order valence-electron chi connectivity index (χ2n) is 6.82. The Bertz CT molecular complexity index is 649. The van der Waals surface area contributed by atoms with Gasteiger partial charge in [0.05, 0.1) is 26.2 Å². The zero-order chi connectivity index (χ0) is 20.4. The fraction of sp³-hybridized carbons (Fsp3) is 0.619. The number of nitrogens with zero attached hydrogens (tertiary/aromatic N) is 2. The molecule has 29 heavy (non-hydrogen) atoms. The lowest BCUT2D eigenvalue weighted by molar-refractivity contribution is -0.149. The molecule has 0 aliphatic carbocycles. The van der Waals surface area contributed by atoms with Crippen molar-refractivity contribution in [3.63, 3.8) is 0 Å². The van der Waals surface area contributed by atoms with Crippen LogP contribution in [0, 0.1) is 5.92 Å². The van der Waals surface area contributed by atoms with E-state index in [0.717, 1.165) is 49.9 Å². The van der Waals surface area contributed by atoms with E-state index < -0.39 is 0 Å². The van der Waals surface area contributed by atoms with E-state index in [1.807, 2.05) is 38.1 Å². The van der Waals surface area contributed by atoms with Crippen LogP contribution < -0.4 is 14.8 Å². The molecule has 0 radical (unpaired) electrons. The van der Waals surface area contributed by atoms with Gasteiger partial charge in [0, 0.05) is 25.7 Å². The Hall–Kier alpha value is -1.71. The minimum absolute atomic E-state index is 0. The predicted molar refractivity (Wildman–Crippen MR) is 125 cm³/mol. The van der Waals surface area contributed by atoms with Crippen molar-refractivity contribution in [3.05, 3.63) is 24.3 Å². The molecule has 1 heterocycles. The molecule has 2 rings (SSSR count). The van der Waals surface area contributed by atoms with Crippen LogP contribution in [0.15, 0.2) is 29.3 Å². The van der Waals surface area contributed by atoms with Gasteiger partial charge in [0.2, 0.25) is 0 Å². The largest absolute Gasteiger partial charge is 0.497 e. The molecule has 164 valence electrons. The van der Waals surface area contributed by atoms with E-state index in [9.17, 15) is 4.79 Å². The minimum Gasteiger partial charge on any atom is -0.497 e. The number of carbonyl (C=O) groups excluding carboxylic acids is 1. The van der Waals surface area contributed by atoms with Gasteiger partial charge in [-0.05, 0) is 45.7 Å². The number of carbonyl (C=O) groups is 1. The van der Waals surface area contributed by atoms with E-state index >= 15 is 0 Å². The van der Waals surface area contributed by atoms with Crippen LogP contribution >= 0.6 is 24.0 Å². The number of likely N-dealkylation sites (tertiary alicyclic amines) is 1. The highest BCUT2D eigenvalue weighted by molar-refractivity contribution is 14.0. The zero-order valence-corrected chi connectivity index (χ0v) is 20.2. The maximum absolute atomic E-state index is 11.9. The summed E-state index contributed by atoms with van der Waals surface area (Å²) >= 11 is 0. The molecule has 0 amide bonds. The number of benzene rings is 1. The molecule has 0 bridgehead atoms. The van der Waals surface area contributed by atoms with Gasteiger partial charge in [-0.15, -0.1) is 24.0 Å². The maximum Gasteiger partial charge on any atom is 0.309 e. The van der Waals surface area contributed by atoms with Crippen LogP contribution in [0.5, 0.6) is 11.5 Å². The molecule has 1 aromatic rings. The van der Waals surface area contributed by atoms with Crippen LogP contribution in [0.3, 0.4) is 0 Å². The quantitative estimate of drug-likeness (QED) is 0.246. The average Bonchev–Trinajstić information content (AvgIpc) is 2.71. The van der Waals surface area contributed by atoms with Crippen LogP contribution in [0.25, 0.3) is 0 Å². The van der Waals surface area contributed by atoms with Gasteiger partial charge in [-0.1, -0.05) is 6.07 Å². The van der Waals surface area contributed by atoms with E-state index in [-0.39, 0.29) is 42.0 Å². The highest BCUT2D eigenvalue weighted by Gasteiger charge is 2.27. The van der Waals surface area contributed by atoms with Gasteiger partial charge >= 0.3 is 5.97 Å². The molecule has 1 aliphatic rings. The minimum atomic E-state index is -0.0793. The van der Waals surface area contributed by atoms with Gasteiger partial charge in [-0.3, -0.25) is 4.79 Å². The van der Waals surface area contributed by atoms with Crippen molar-refractivity contribution < 1.29 is 19.0 Å². The Labute approximate surface area is 191 Å². The highest BCUT2D eigenvalue weighted by Crippen LogP contribution is 2.21. The fourth-order valence-corrected chi connectivity index (χ4v) is 3.17. The van der Waals surface area contributed by atoms with E-state index in [2.05, 4.69) is 17.1 Å². The van der Waals surface area contributed by atoms with Crippen LogP contribution in [0.2, 0.25) is 0 Å². The molecule has 1 atom stereocenters. The summed E-state index contributed by atoms with van der Waals surface area (Å²) < 4.78 is 16.3. The molecule has 0 aromatic heterocycles. The number of nitrogens with one attached hydrogen (secondary N) is 1. The van der Waals surface area contributed by atoms with Gasteiger partial charge in [-0.25, -0.2) is 4.99 Å². The lowest BCUT2D eigenvalue weighted by Crippen LogP contribution is -2.47. The van der Waals surface area contributed by atoms with E-state index in [0.29, 0.717) is 13.2 Å². The number of rotatable bonds is 8. The van der Waals surface area contributed by atoms with Crippen LogP contribution in [-0.4, -0.2) is 62.8 Å². The Morgan fingerprint density at radius 1 is 1.28 bits per heavy atom. The summed E-state index contributed by atoms with van der Waals surface area (Å²) in [4.78, 5) is 18.9. The van der Waals surface area contributed by atoms with Gasteiger partial charge in [0.15, 0.2) is 5.96 Å². The second kappa shape index (κ2) is 13.5. The summed E-state index contributed by atoms with van der Waals surface area (Å²) in [5.41, 5.74) is 0. The topological polar surface area (TPSA) is 72.4 Å². The number of piperidine rings is 1. The number of hydrogen-bond donors (Lipinski definition) is 1. The summed E-state index contributed by atoms with van der Waals surface area (Å²) in [6.07, 6.45) is 1.51. The average molecular weight is 519 g/mol. The molecule has 1 N–H and O–H groups in total. The van der Waals surface area contributed by atoms with Crippen LogP contribution in [-0.2, 0) is 9.53 Å². The second-order valence-corrected chi connectivity index (χ2v) is 6.82. The van der Waals surface area contributed by atoms with Crippen molar-refractivity contribution in [3.8, 4) is 11.5 Å². The number of halogens is 1. The lowest BCUT2D eigenvalue weighted by Gasteiger charge is -2.33. The summed E-state index contributed by atoms with van der Waals surface area (Å²) in [5, 5.41) is 3.34. The number of hydrogen-bond acceptors (Lipinski definition) is 5. The molecule has 7 nitrogen and oxygen atoms in total. The SMILES string of the molecule is CCNC(=NCC(C)Oc1cccc(OC)c1)N1CCC(C(=O)OCC)CC1.I. The summed E-state index contributed by atoms with van der Waals surface area (Å²) in [7, 11) is 1.64. The van der Waals surface area contributed by atoms with E-state index in [1.165, 1.54) is 0 Å². The van der Waals surface area contributed by atoms with Gasteiger partial charge in [0.25, 0.3) is 0 Å². The number of ether oxygens (including phenoxy) is 3. The summed E-state index contributed by atoms with van der Waals surface area (Å²) in [6.45, 7) is 9.25. The Morgan fingerprint density at radius 2 is 1.97 bits per heavy atom.